The van der Waals surface area contributed by atoms with Gasteiger partial charge in [-0.1, -0.05) is 44.4 Å². The topological polar surface area (TPSA) is 114 Å². The second kappa shape index (κ2) is 17.8. The first-order chi connectivity index (χ1) is 24.7. The molecule has 0 aliphatic carbocycles. The summed E-state index contributed by atoms with van der Waals surface area (Å²) in [6, 6.07) is 10.8. The van der Waals surface area contributed by atoms with Crippen molar-refractivity contribution in [3.8, 4) is 0 Å². The van der Waals surface area contributed by atoms with E-state index in [1.807, 2.05) is 46.2 Å². The zero-order chi connectivity index (χ0) is 35.9. The average Bonchev–Trinajstić information content (AvgIpc) is 3.15. The maximum atomic E-state index is 14.2. The minimum atomic E-state index is -0.700. The first kappa shape index (κ1) is 37.9. The monoisotopic (exact) mass is 827 g/mol. The largest absolute Gasteiger partial charge is 0.397 e. The number of urea groups is 2. The van der Waals surface area contributed by atoms with E-state index in [4.69, 9.17) is 5.73 Å². The molecule has 5 amide bonds. The number of carbonyl (C=O) groups excluding carboxylic acids is 3. The predicted molar refractivity (Wildman–Crippen MR) is 210 cm³/mol. The molecule has 0 unspecified atom stereocenters. The van der Waals surface area contributed by atoms with Gasteiger partial charge in [-0.3, -0.25) is 4.79 Å². The Bertz CT molecular complexity index is 1490. The van der Waals surface area contributed by atoms with Gasteiger partial charge in [-0.25, -0.2) is 9.59 Å². The van der Waals surface area contributed by atoms with Crippen molar-refractivity contribution in [1.82, 2.24) is 24.9 Å². The van der Waals surface area contributed by atoms with Crippen LogP contribution in [-0.4, -0.2) is 95.5 Å². The Morgan fingerprint density at radius 3 is 2.18 bits per heavy atom. The molecule has 6 rings (SSSR count). The van der Waals surface area contributed by atoms with E-state index in [1.165, 1.54) is 58.2 Å². The number of halogens is 2. The third-order valence-electron chi connectivity index (χ3n) is 11.7. The molecule has 4 aliphatic rings. The van der Waals surface area contributed by atoms with Gasteiger partial charge in [0.25, 0.3) is 0 Å². The third-order valence-corrected chi connectivity index (χ3v) is 13.0. The number of nitrogens with zero attached hydrogens (tertiary/aromatic N) is 4. The SMILES string of the molecule is CCCCCCN1CCC(C2CCN(C(=O)[C@@H](Cc3cc(Br)c(N)c(Br)c3)NC(=O)N3CCC(N4Cc5ccccc5NC4=O)CC3)CC2)CC1. The molecule has 4 N–H and O–H groups in total. The van der Waals surface area contributed by atoms with E-state index in [0.29, 0.717) is 50.5 Å². The summed E-state index contributed by atoms with van der Waals surface area (Å²) in [6.45, 7) is 8.97. The molecule has 12 heteroatoms. The molecular weight excluding hydrogens is 774 g/mol. The molecule has 0 saturated carbocycles. The van der Waals surface area contributed by atoms with Crippen molar-refractivity contribution < 1.29 is 14.4 Å². The van der Waals surface area contributed by atoms with Crippen LogP contribution in [0.4, 0.5) is 21.0 Å². The minimum Gasteiger partial charge on any atom is -0.397 e. The van der Waals surface area contributed by atoms with Crippen LogP contribution in [0.25, 0.3) is 0 Å². The minimum absolute atomic E-state index is 0.0219. The van der Waals surface area contributed by atoms with Gasteiger partial charge in [-0.2, -0.15) is 0 Å². The molecule has 2 aromatic carbocycles. The number of hydrogen-bond donors (Lipinski definition) is 3. The first-order valence-electron chi connectivity index (χ1n) is 19.2. The lowest BCUT2D eigenvalue weighted by atomic mass is 9.78. The van der Waals surface area contributed by atoms with Crippen molar-refractivity contribution in [2.24, 2.45) is 11.8 Å². The van der Waals surface area contributed by atoms with E-state index in [-0.39, 0.29) is 24.0 Å². The fourth-order valence-corrected chi connectivity index (χ4v) is 9.83. The Labute approximate surface area is 320 Å². The number of anilines is 2. The molecule has 0 radical (unpaired) electrons. The fourth-order valence-electron chi connectivity index (χ4n) is 8.55. The van der Waals surface area contributed by atoms with Crippen molar-refractivity contribution in [2.45, 2.75) is 96.2 Å². The summed E-state index contributed by atoms with van der Waals surface area (Å²) >= 11 is 7.10. The van der Waals surface area contributed by atoms with Gasteiger partial charge in [0.2, 0.25) is 5.91 Å². The second-order valence-electron chi connectivity index (χ2n) is 15.0. The van der Waals surface area contributed by atoms with Crippen molar-refractivity contribution in [2.75, 3.05) is 56.9 Å². The number of nitrogens with two attached hydrogens (primary N) is 1. The zero-order valence-corrected chi connectivity index (χ0v) is 33.2. The van der Waals surface area contributed by atoms with Gasteiger partial charge in [0, 0.05) is 59.8 Å². The quantitative estimate of drug-likeness (QED) is 0.161. The predicted octanol–water partition coefficient (Wildman–Crippen LogP) is 7.46. The Hall–Kier alpha value is -2.83. The standard InChI is InChI=1S/C39H55Br2N7O3/c1-2-3-4-7-16-45-17-10-28(11-18-45)29-12-19-46(20-13-29)37(49)35(25-27-23-32(40)36(42)33(41)24-27)44-38(50)47-21-14-31(15-22-47)48-26-30-8-5-6-9-34(30)43-39(48)51/h5-6,8-9,23-24,28-29,31,35H,2-4,7,10-22,25-26,42H2,1H3,(H,43,51)(H,44,50)/t35-/m1/s1. The van der Waals surface area contributed by atoms with Gasteiger partial charge in [0.1, 0.15) is 6.04 Å². The number of fused-ring (bicyclic) bond motifs is 1. The molecule has 0 aromatic heterocycles. The summed E-state index contributed by atoms with van der Waals surface area (Å²) in [7, 11) is 0. The summed E-state index contributed by atoms with van der Waals surface area (Å²) in [5.41, 5.74) is 9.65. The van der Waals surface area contributed by atoms with Crippen LogP contribution in [0.1, 0.15) is 82.3 Å². The Balaban J connectivity index is 1.04. The highest BCUT2D eigenvalue weighted by molar-refractivity contribution is 9.11. The van der Waals surface area contributed by atoms with Crippen LogP contribution in [-0.2, 0) is 17.8 Å². The molecule has 278 valence electrons. The van der Waals surface area contributed by atoms with Crippen LogP contribution >= 0.6 is 31.9 Å². The number of nitrogen functional groups attached to an aromatic ring is 1. The lowest BCUT2D eigenvalue weighted by Gasteiger charge is -2.42. The van der Waals surface area contributed by atoms with Crippen LogP contribution in [0.3, 0.4) is 0 Å². The smallest absolute Gasteiger partial charge is 0.322 e. The van der Waals surface area contributed by atoms with E-state index in [0.717, 1.165) is 57.6 Å². The molecule has 2 aromatic rings. The summed E-state index contributed by atoms with van der Waals surface area (Å²) in [6.07, 6.45) is 11.6. The van der Waals surface area contributed by atoms with Crippen molar-refractivity contribution in [1.29, 1.82) is 0 Å². The summed E-state index contributed by atoms with van der Waals surface area (Å²) < 4.78 is 1.51. The molecule has 51 heavy (non-hydrogen) atoms. The molecule has 10 nitrogen and oxygen atoms in total. The molecule has 4 heterocycles. The van der Waals surface area contributed by atoms with Crippen molar-refractivity contribution in [3.63, 3.8) is 0 Å². The number of hydrogen-bond acceptors (Lipinski definition) is 5. The van der Waals surface area contributed by atoms with E-state index in [9.17, 15) is 14.4 Å². The van der Waals surface area contributed by atoms with Gasteiger partial charge in [0.05, 0.1) is 5.69 Å². The highest BCUT2D eigenvalue weighted by Gasteiger charge is 2.36. The number of carbonyl (C=O) groups is 3. The molecule has 0 spiro atoms. The summed E-state index contributed by atoms with van der Waals surface area (Å²) in [4.78, 5) is 49.2. The second-order valence-corrected chi connectivity index (χ2v) is 16.7. The van der Waals surface area contributed by atoms with Gasteiger partial charge in [-0.05, 0) is 138 Å². The zero-order valence-electron chi connectivity index (χ0n) is 30.1. The maximum Gasteiger partial charge on any atom is 0.322 e. The van der Waals surface area contributed by atoms with E-state index in [1.54, 1.807) is 4.90 Å². The lowest BCUT2D eigenvalue weighted by Crippen LogP contribution is -2.57. The van der Waals surface area contributed by atoms with E-state index >= 15 is 0 Å². The van der Waals surface area contributed by atoms with Crippen LogP contribution in [0.5, 0.6) is 0 Å². The highest BCUT2D eigenvalue weighted by atomic mass is 79.9. The van der Waals surface area contributed by atoms with Crippen LogP contribution < -0.4 is 16.4 Å². The Kier molecular flexibility index (Phi) is 13.2. The number of rotatable bonds is 11. The number of benzene rings is 2. The van der Waals surface area contributed by atoms with Gasteiger partial charge in [-0.15, -0.1) is 0 Å². The molecule has 0 bridgehead atoms. The summed E-state index contributed by atoms with van der Waals surface area (Å²) in [5.74, 6) is 1.37. The van der Waals surface area contributed by atoms with Crippen LogP contribution in [0, 0.1) is 11.8 Å². The number of amides is 5. The Morgan fingerprint density at radius 2 is 1.51 bits per heavy atom. The normalized spacial score (nSPS) is 20.2. The molecule has 4 aliphatic heterocycles. The lowest BCUT2D eigenvalue weighted by molar-refractivity contribution is -0.135. The van der Waals surface area contributed by atoms with Crippen LogP contribution in [0.2, 0.25) is 0 Å². The highest BCUT2D eigenvalue weighted by Crippen LogP contribution is 2.34. The average molecular weight is 830 g/mol. The number of para-hydroxylation sites is 1. The number of unbranched alkanes of at least 4 members (excludes halogenated alkanes) is 3. The summed E-state index contributed by atoms with van der Waals surface area (Å²) in [5, 5.41) is 6.16. The van der Waals surface area contributed by atoms with Crippen molar-refractivity contribution in [3.05, 3.63) is 56.5 Å². The Morgan fingerprint density at radius 1 is 0.882 bits per heavy atom. The first-order valence-corrected chi connectivity index (χ1v) is 20.7. The van der Waals surface area contributed by atoms with Gasteiger partial charge >= 0.3 is 12.1 Å². The molecule has 3 saturated heterocycles. The molecule has 3 fully saturated rings. The number of nitrogens with one attached hydrogen (secondary N) is 2. The van der Waals surface area contributed by atoms with Crippen LogP contribution in [0.15, 0.2) is 45.3 Å². The van der Waals surface area contributed by atoms with Gasteiger partial charge < -0.3 is 36.0 Å². The number of piperidine rings is 3. The van der Waals surface area contributed by atoms with E-state index < -0.39 is 6.04 Å². The third kappa shape index (κ3) is 9.59. The molecular formula is C39H55Br2N7O3. The number of likely N-dealkylation sites (tertiary alicyclic amines) is 3. The fraction of sp³-hybridized carbons (Fsp3) is 0.615. The van der Waals surface area contributed by atoms with Gasteiger partial charge in [0.15, 0.2) is 0 Å². The molecule has 1 atom stereocenters. The van der Waals surface area contributed by atoms with Crippen molar-refractivity contribution >= 4 is 61.2 Å². The maximum absolute atomic E-state index is 14.2. The van der Waals surface area contributed by atoms with E-state index in [2.05, 4.69) is 54.3 Å².